The van der Waals surface area contributed by atoms with Gasteiger partial charge in [0, 0.05) is 38.1 Å². The third-order valence-electron chi connectivity index (χ3n) is 6.57. The first-order chi connectivity index (χ1) is 18.6. The van der Waals surface area contributed by atoms with Crippen LogP contribution in [0.25, 0.3) is 22.0 Å². The maximum absolute atomic E-state index is 11.8. The van der Waals surface area contributed by atoms with Gasteiger partial charge in [-0.25, -0.2) is 0 Å². The van der Waals surface area contributed by atoms with Gasteiger partial charge in [0.2, 0.25) is 5.91 Å². The van der Waals surface area contributed by atoms with Crippen LogP contribution in [-0.2, 0) is 4.79 Å². The molecule has 1 heterocycles. The first-order valence-corrected chi connectivity index (χ1v) is 13.2. The number of carbonyl (C=O) groups excluding carboxylic acids is 1. The fraction of sp³-hybridized carbons (Fsp3) is 0.250. The van der Waals surface area contributed by atoms with Gasteiger partial charge >= 0.3 is 0 Å². The summed E-state index contributed by atoms with van der Waals surface area (Å²) >= 11 is 0. The Kier molecular flexibility index (Phi) is 9.48. The number of amides is 1. The van der Waals surface area contributed by atoms with Crippen molar-refractivity contribution in [3.8, 4) is 5.75 Å². The molecule has 0 spiro atoms. The number of aromatic nitrogens is 2. The van der Waals surface area contributed by atoms with Gasteiger partial charge in [-0.05, 0) is 65.4 Å². The van der Waals surface area contributed by atoms with Gasteiger partial charge < -0.3 is 15.0 Å². The molecule has 0 atom stereocenters. The van der Waals surface area contributed by atoms with E-state index >= 15 is 0 Å². The number of likely N-dealkylation sites (N-methyl/N-ethyl adjacent to an activating group) is 1. The normalized spacial score (nSPS) is 12.1. The molecule has 4 rings (SSSR count). The predicted octanol–water partition coefficient (Wildman–Crippen LogP) is 5.93. The zero-order chi connectivity index (χ0) is 26.7. The molecule has 6 heteroatoms. The lowest BCUT2D eigenvalue weighted by molar-refractivity contribution is -0.124. The second-order valence-electron chi connectivity index (χ2n) is 9.08. The molecule has 0 aliphatic heterocycles. The summed E-state index contributed by atoms with van der Waals surface area (Å²) in [5.74, 6) is 0.843. The smallest absolute Gasteiger partial charge is 0.246 e. The highest BCUT2D eigenvalue weighted by molar-refractivity contribution is 6.00. The molecule has 1 aromatic heterocycles. The topological polar surface area (TPSA) is 70.2 Å². The van der Waals surface area contributed by atoms with Gasteiger partial charge in [-0.1, -0.05) is 61.5 Å². The fourth-order valence-electron chi connectivity index (χ4n) is 4.37. The molecule has 0 aliphatic rings. The van der Waals surface area contributed by atoms with E-state index in [9.17, 15) is 4.79 Å². The molecule has 0 radical (unpaired) electrons. The maximum Gasteiger partial charge on any atom is 0.246 e. The third-order valence-corrected chi connectivity index (χ3v) is 6.57. The first-order valence-electron chi connectivity index (χ1n) is 13.2. The highest BCUT2D eigenvalue weighted by Gasteiger charge is 2.14. The van der Waals surface area contributed by atoms with Gasteiger partial charge in [-0.2, -0.15) is 5.10 Å². The SMILES string of the molecule is CCC(=C(c1ccc(OCCNCC=CC(=O)N(C)CC)cc1)c1ccc2[nH]ncc2c1)c1ccccc1. The quantitative estimate of drug-likeness (QED) is 0.141. The van der Waals surface area contributed by atoms with Crippen molar-refractivity contribution in [3.05, 3.63) is 108 Å². The Morgan fingerprint density at radius 2 is 1.76 bits per heavy atom. The summed E-state index contributed by atoms with van der Waals surface area (Å²) in [5.41, 5.74) is 7.06. The van der Waals surface area contributed by atoms with E-state index in [1.54, 1.807) is 18.0 Å². The molecule has 38 heavy (non-hydrogen) atoms. The summed E-state index contributed by atoms with van der Waals surface area (Å²) in [7, 11) is 1.79. The number of benzene rings is 3. The molecule has 3 aromatic carbocycles. The Labute approximate surface area is 225 Å². The lowest BCUT2D eigenvalue weighted by atomic mass is 9.88. The van der Waals surface area contributed by atoms with E-state index in [0.717, 1.165) is 34.2 Å². The number of hydrogen-bond acceptors (Lipinski definition) is 4. The van der Waals surface area contributed by atoms with Gasteiger partial charge in [0.1, 0.15) is 12.4 Å². The van der Waals surface area contributed by atoms with Crippen LogP contribution in [0.3, 0.4) is 0 Å². The summed E-state index contributed by atoms with van der Waals surface area (Å²) in [6.07, 6.45) is 6.22. The van der Waals surface area contributed by atoms with Gasteiger partial charge in [0.25, 0.3) is 0 Å². The summed E-state index contributed by atoms with van der Waals surface area (Å²) in [6.45, 7) is 6.72. The van der Waals surface area contributed by atoms with Crippen molar-refractivity contribution in [1.82, 2.24) is 20.4 Å². The Bertz CT molecular complexity index is 1390. The van der Waals surface area contributed by atoms with E-state index < -0.39 is 0 Å². The molecule has 6 nitrogen and oxygen atoms in total. The number of ether oxygens (including phenoxy) is 1. The van der Waals surface area contributed by atoms with Crippen LogP contribution in [0.4, 0.5) is 0 Å². The number of fused-ring (bicyclic) bond motifs is 1. The van der Waals surface area contributed by atoms with Crippen LogP contribution < -0.4 is 10.1 Å². The molecular formula is C32H36N4O2. The zero-order valence-electron chi connectivity index (χ0n) is 22.4. The van der Waals surface area contributed by atoms with Crippen molar-refractivity contribution in [3.63, 3.8) is 0 Å². The minimum atomic E-state index is 0.0160. The number of allylic oxidation sites excluding steroid dienone is 1. The average Bonchev–Trinajstić information content (AvgIpc) is 3.43. The maximum atomic E-state index is 11.8. The number of hydrogen-bond donors (Lipinski definition) is 2. The average molecular weight is 509 g/mol. The molecule has 0 aliphatic carbocycles. The highest BCUT2D eigenvalue weighted by Crippen LogP contribution is 2.36. The number of H-pyrrole nitrogens is 1. The van der Waals surface area contributed by atoms with Gasteiger partial charge in [-0.3, -0.25) is 9.89 Å². The van der Waals surface area contributed by atoms with Gasteiger partial charge in [0.05, 0.1) is 11.7 Å². The first kappa shape index (κ1) is 26.9. The van der Waals surface area contributed by atoms with Gasteiger partial charge in [-0.15, -0.1) is 0 Å². The van der Waals surface area contributed by atoms with E-state index in [1.165, 1.54) is 16.7 Å². The minimum absolute atomic E-state index is 0.0160. The molecule has 0 unspecified atom stereocenters. The second kappa shape index (κ2) is 13.4. The molecule has 196 valence electrons. The Hall–Kier alpha value is -4.16. The van der Waals surface area contributed by atoms with Crippen LogP contribution in [0.1, 0.15) is 37.0 Å². The van der Waals surface area contributed by atoms with Crippen molar-refractivity contribution in [1.29, 1.82) is 0 Å². The number of nitrogens with zero attached hydrogens (tertiary/aromatic N) is 2. The van der Waals surface area contributed by atoms with Crippen molar-refractivity contribution < 1.29 is 9.53 Å². The Morgan fingerprint density at radius 3 is 2.50 bits per heavy atom. The van der Waals surface area contributed by atoms with Crippen LogP contribution in [-0.4, -0.2) is 54.3 Å². The van der Waals surface area contributed by atoms with Crippen LogP contribution in [0.5, 0.6) is 5.75 Å². The highest BCUT2D eigenvalue weighted by atomic mass is 16.5. The molecule has 0 saturated carbocycles. The predicted molar refractivity (Wildman–Crippen MR) is 156 cm³/mol. The lowest BCUT2D eigenvalue weighted by Crippen LogP contribution is -2.25. The zero-order valence-corrected chi connectivity index (χ0v) is 22.4. The monoisotopic (exact) mass is 508 g/mol. The fourth-order valence-corrected chi connectivity index (χ4v) is 4.37. The molecule has 0 saturated heterocycles. The number of rotatable bonds is 12. The third kappa shape index (κ3) is 6.78. The van der Waals surface area contributed by atoms with E-state index in [1.807, 2.05) is 31.3 Å². The number of aromatic amines is 1. The largest absolute Gasteiger partial charge is 0.492 e. The summed E-state index contributed by atoms with van der Waals surface area (Å²) in [6, 6.07) is 25.4. The Morgan fingerprint density at radius 1 is 1.00 bits per heavy atom. The molecule has 0 bridgehead atoms. The van der Waals surface area contributed by atoms with E-state index in [2.05, 4.69) is 83.1 Å². The number of nitrogens with one attached hydrogen (secondary N) is 2. The van der Waals surface area contributed by atoms with E-state index in [-0.39, 0.29) is 5.91 Å². The molecule has 1 amide bonds. The summed E-state index contributed by atoms with van der Waals surface area (Å²) in [5, 5.41) is 11.6. The minimum Gasteiger partial charge on any atom is -0.492 e. The van der Waals surface area contributed by atoms with Crippen LogP contribution >= 0.6 is 0 Å². The van der Waals surface area contributed by atoms with Crippen molar-refractivity contribution in [2.45, 2.75) is 20.3 Å². The standard InChI is InChI=1S/C32H36N4O2/c1-4-29(24-10-7-6-8-11-24)32(26-15-18-30-27(22-26)23-34-35-30)25-13-16-28(17-14-25)38-21-20-33-19-9-12-31(37)36(3)5-2/h6-18,22-23,33H,4-5,19-21H2,1-3H3,(H,34,35). The summed E-state index contributed by atoms with van der Waals surface area (Å²) in [4.78, 5) is 13.5. The molecule has 2 N–H and O–H groups in total. The van der Waals surface area contributed by atoms with Crippen molar-refractivity contribution >= 4 is 28.0 Å². The van der Waals surface area contributed by atoms with Crippen LogP contribution in [0, 0.1) is 0 Å². The van der Waals surface area contributed by atoms with Crippen molar-refractivity contribution in [2.75, 3.05) is 33.3 Å². The van der Waals surface area contributed by atoms with Crippen LogP contribution in [0.2, 0.25) is 0 Å². The second-order valence-corrected chi connectivity index (χ2v) is 9.08. The summed E-state index contributed by atoms with van der Waals surface area (Å²) < 4.78 is 5.96. The molecule has 4 aromatic rings. The van der Waals surface area contributed by atoms with E-state index in [4.69, 9.17) is 4.74 Å². The van der Waals surface area contributed by atoms with E-state index in [0.29, 0.717) is 26.2 Å². The molecule has 0 fully saturated rings. The Balaban J connectivity index is 1.47. The van der Waals surface area contributed by atoms with Gasteiger partial charge in [0.15, 0.2) is 0 Å². The number of carbonyl (C=O) groups is 1. The van der Waals surface area contributed by atoms with Crippen LogP contribution in [0.15, 0.2) is 91.1 Å². The lowest BCUT2D eigenvalue weighted by Gasteiger charge is -2.17. The molecular weight excluding hydrogens is 472 g/mol. The van der Waals surface area contributed by atoms with Crippen molar-refractivity contribution in [2.24, 2.45) is 0 Å².